The Morgan fingerprint density at radius 2 is 2.32 bits per heavy atom. The van der Waals surface area contributed by atoms with Gasteiger partial charge in [-0.25, -0.2) is 0 Å². The zero-order valence-electron chi connectivity index (χ0n) is 14.2. The smallest absolute Gasteiger partial charge is 0.298 e. The van der Waals surface area contributed by atoms with Gasteiger partial charge in [0, 0.05) is 25.2 Å². The van der Waals surface area contributed by atoms with Gasteiger partial charge in [0.15, 0.2) is 6.10 Å². The summed E-state index contributed by atoms with van der Waals surface area (Å²) >= 11 is 0. The van der Waals surface area contributed by atoms with E-state index in [0.717, 1.165) is 38.7 Å². The van der Waals surface area contributed by atoms with Crippen molar-refractivity contribution in [3.8, 4) is 6.01 Å². The maximum Gasteiger partial charge on any atom is 0.298 e. The van der Waals surface area contributed by atoms with Crippen LogP contribution in [-0.4, -0.2) is 65.1 Å². The fraction of sp³-hybridized carbons (Fsp3) is 0.471. The molecule has 2 aromatic heterocycles. The van der Waals surface area contributed by atoms with Crippen LogP contribution in [0.2, 0.25) is 0 Å². The van der Waals surface area contributed by atoms with Gasteiger partial charge in [-0.1, -0.05) is 0 Å². The van der Waals surface area contributed by atoms with Crippen molar-refractivity contribution < 1.29 is 4.74 Å². The van der Waals surface area contributed by atoms with Gasteiger partial charge in [0.25, 0.3) is 11.6 Å². The monoisotopic (exact) mass is 342 g/mol. The predicted octanol–water partition coefficient (Wildman–Crippen LogP) is 1.13. The number of pyridine rings is 1. The molecule has 25 heavy (non-hydrogen) atoms. The first-order valence-electron chi connectivity index (χ1n) is 8.35. The number of rotatable bonds is 6. The van der Waals surface area contributed by atoms with Gasteiger partial charge in [-0.05, 0) is 45.0 Å². The van der Waals surface area contributed by atoms with Crippen molar-refractivity contribution in [3.63, 3.8) is 0 Å². The lowest BCUT2D eigenvalue weighted by Crippen LogP contribution is -2.31. The van der Waals surface area contributed by atoms with Crippen LogP contribution in [0.1, 0.15) is 12.8 Å². The lowest BCUT2D eigenvalue weighted by molar-refractivity contribution is 0.223. The van der Waals surface area contributed by atoms with Crippen molar-refractivity contribution in [1.29, 1.82) is 5.41 Å². The maximum absolute atomic E-state index is 12.0. The Kier molecular flexibility index (Phi) is 5.49. The number of hydrogen-bond donors (Lipinski definition) is 2. The van der Waals surface area contributed by atoms with Gasteiger partial charge in [-0.2, -0.15) is 4.98 Å². The van der Waals surface area contributed by atoms with Gasteiger partial charge in [-0.3, -0.25) is 19.8 Å². The van der Waals surface area contributed by atoms with Crippen LogP contribution < -0.4 is 10.3 Å². The van der Waals surface area contributed by atoms with E-state index >= 15 is 0 Å². The number of aliphatic imine (C=N–C) groups is 1. The van der Waals surface area contributed by atoms with Crippen LogP contribution in [0, 0.1) is 11.3 Å². The third-order valence-electron chi connectivity index (χ3n) is 4.35. The lowest BCUT2D eigenvalue weighted by Gasteiger charge is -2.27. The average Bonchev–Trinajstić information content (AvgIpc) is 2.62. The maximum atomic E-state index is 12.0. The Labute approximate surface area is 145 Å². The first-order valence-corrected chi connectivity index (χ1v) is 8.35. The van der Waals surface area contributed by atoms with E-state index < -0.39 is 6.10 Å². The van der Waals surface area contributed by atoms with Crippen LogP contribution in [0.3, 0.4) is 0 Å². The number of nitrogens with zero attached hydrogens (tertiary/aromatic N) is 4. The first kappa shape index (κ1) is 17.2. The largest absolute Gasteiger partial charge is 0.450 e. The van der Waals surface area contributed by atoms with E-state index in [9.17, 15) is 4.79 Å². The predicted molar refractivity (Wildman–Crippen MR) is 96.9 cm³/mol. The molecule has 0 amide bonds. The number of fused-ring (bicyclic) bond motifs is 1. The van der Waals surface area contributed by atoms with Crippen LogP contribution in [0.25, 0.3) is 10.9 Å². The van der Waals surface area contributed by atoms with E-state index in [4.69, 9.17) is 10.1 Å². The highest BCUT2D eigenvalue weighted by molar-refractivity contribution is 5.85. The molecule has 1 aliphatic heterocycles. The number of piperidine rings is 1. The second-order valence-corrected chi connectivity index (χ2v) is 6.27. The molecule has 2 N–H and O–H groups in total. The summed E-state index contributed by atoms with van der Waals surface area (Å²) in [5.41, 5.74) is 0.155. The Morgan fingerprint density at radius 1 is 1.52 bits per heavy atom. The molecule has 0 aliphatic carbocycles. The number of aromatic amines is 1. The number of nitrogens with one attached hydrogen (secondary N) is 2. The van der Waals surface area contributed by atoms with Crippen molar-refractivity contribution in [1.82, 2.24) is 19.9 Å². The molecule has 3 rings (SSSR count). The standard InChI is InChI=1S/C17H22N6O2/c1-23-6-3-12(4-7-23)9-20-10-13(8-18)25-17-21-15-11-19-5-2-14(15)16(24)22-17/h2,5,8,10-13,18H,3-4,6-7,9H2,1H3,(H,21,22,24). The fourth-order valence-electron chi connectivity index (χ4n) is 2.82. The highest BCUT2D eigenvalue weighted by Crippen LogP contribution is 2.16. The van der Waals surface area contributed by atoms with E-state index in [1.807, 2.05) is 0 Å². The summed E-state index contributed by atoms with van der Waals surface area (Å²) < 4.78 is 5.56. The molecule has 8 nitrogen and oxygen atoms in total. The quantitative estimate of drug-likeness (QED) is 0.765. The third kappa shape index (κ3) is 4.48. The Hall–Kier alpha value is -2.61. The fourth-order valence-corrected chi connectivity index (χ4v) is 2.82. The summed E-state index contributed by atoms with van der Waals surface area (Å²) in [4.78, 5) is 29.5. The zero-order valence-corrected chi connectivity index (χ0v) is 14.2. The van der Waals surface area contributed by atoms with Crippen molar-refractivity contribution in [2.45, 2.75) is 18.9 Å². The van der Waals surface area contributed by atoms with Crippen LogP contribution in [0.5, 0.6) is 6.01 Å². The highest BCUT2D eigenvalue weighted by atomic mass is 16.5. The molecule has 3 heterocycles. The molecule has 132 valence electrons. The average molecular weight is 342 g/mol. The molecule has 1 atom stereocenters. The molecule has 0 saturated carbocycles. The van der Waals surface area contributed by atoms with Crippen molar-refractivity contribution >= 4 is 23.3 Å². The van der Waals surface area contributed by atoms with E-state index in [-0.39, 0.29) is 11.6 Å². The summed E-state index contributed by atoms with van der Waals surface area (Å²) in [6, 6.07) is 1.66. The SMILES string of the molecule is CN1CCC(CN=CC(C=N)Oc2nc3cnccc3c(=O)[nH]2)CC1. The van der Waals surface area contributed by atoms with Crippen LogP contribution >= 0.6 is 0 Å². The number of hydrogen-bond acceptors (Lipinski definition) is 7. The van der Waals surface area contributed by atoms with Crippen LogP contribution in [0.4, 0.5) is 0 Å². The summed E-state index contributed by atoms with van der Waals surface area (Å²) in [5.74, 6) is 0.573. The van der Waals surface area contributed by atoms with Crippen molar-refractivity contribution in [2.24, 2.45) is 10.9 Å². The van der Waals surface area contributed by atoms with Gasteiger partial charge in [0.05, 0.1) is 17.1 Å². The van der Waals surface area contributed by atoms with E-state index in [1.54, 1.807) is 12.3 Å². The topological polar surface area (TPSA) is 107 Å². The molecule has 0 radical (unpaired) electrons. The summed E-state index contributed by atoms with van der Waals surface area (Å²) in [6.07, 6.45) is 7.38. The van der Waals surface area contributed by atoms with Gasteiger partial charge in [-0.15, -0.1) is 0 Å². The van der Waals surface area contributed by atoms with E-state index in [2.05, 4.69) is 31.9 Å². The van der Waals surface area contributed by atoms with Crippen LogP contribution in [-0.2, 0) is 0 Å². The Morgan fingerprint density at radius 3 is 3.08 bits per heavy atom. The summed E-state index contributed by atoms with van der Waals surface area (Å²) in [5, 5.41) is 7.94. The third-order valence-corrected chi connectivity index (χ3v) is 4.35. The Balaban J connectivity index is 1.63. The molecule has 1 saturated heterocycles. The molecule has 2 aromatic rings. The molecule has 0 bridgehead atoms. The van der Waals surface area contributed by atoms with Crippen molar-refractivity contribution in [2.75, 3.05) is 26.7 Å². The number of H-pyrrole nitrogens is 1. The van der Waals surface area contributed by atoms with Gasteiger partial charge in [0.1, 0.15) is 0 Å². The first-order chi connectivity index (χ1) is 12.2. The molecular weight excluding hydrogens is 320 g/mol. The minimum Gasteiger partial charge on any atom is -0.450 e. The lowest BCUT2D eigenvalue weighted by atomic mass is 9.97. The van der Waals surface area contributed by atoms with Gasteiger partial charge < -0.3 is 15.0 Å². The Bertz CT molecular complexity index is 810. The zero-order chi connectivity index (χ0) is 17.6. The number of aromatic nitrogens is 3. The molecular formula is C17H22N6O2. The van der Waals surface area contributed by atoms with Gasteiger partial charge >= 0.3 is 0 Å². The normalized spacial score (nSPS) is 17.8. The second kappa shape index (κ2) is 7.98. The molecule has 0 spiro atoms. The number of likely N-dealkylation sites (tertiary alicyclic amines) is 1. The van der Waals surface area contributed by atoms with Gasteiger partial charge in [0.2, 0.25) is 0 Å². The molecule has 0 aromatic carbocycles. The minimum atomic E-state index is -0.663. The second-order valence-electron chi connectivity index (χ2n) is 6.27. The van der Waals surface area contributed by atoms with Crippen molar-refractivity contribution in [3.05, 3.63) is 28.8 Å². The highest BCUT2D eigenvalue weighted by Gasteiger charge is 2.16. The minimum absolute atomic E-state index is 0.0599. The number of ether oxygens (including phenoxy) is 1. The van der Waals surface area contributed by atoms with E-state index in [1.165, 1.54) is 12.4 Å². The molecule has 8 heteroatoms. The van der Waals surface area contributed by atoms with Crippen LogP contribution in [0.15, 0.2) is 28.2 Å². The summed E-state index contributed by atoms with van der Waals surface area (Å²) in [6.45, 7) is 2.93. The van der Waals surface area contributed by atoms with E-state index in [0.29, 0.717) is 16.8 Å². The molecule has 1 unspecified atom stereocenters. The summed E-state index contributed by atoms with van der Waals surface area (Å²) in [7, 11) is 2.13. The molecule has 1 fully saturated rings. The molecule has 1 aliphatic rings.